The van der Waals surface area contributed by atoms with E-state index < -0.39 is 0 Å². The van der Waals surface area contributed by atoms with Gasteiger partial charge in [0.25, 0.3) is 11.8 Å². The molecule has 1 heterocycles. The summed E-state index contributed by atoms with van der Waals surface area (Å²) in [6.07, 6.45) is 1.26. The van der Waals surface area contributed by atoms with Gasteiger partial charge in [-0.1, -0.05) is 0 Å². The van der Waals surface area contributed by atoms with Gasteiger partial charge in [0.2, 0.25) is 11.8 Å². The van der Waals surface area contributed by atoms with Crippen LogP contribution >= 0.6 is 0 Å². The summed E-state index contributed by atoms with van der Waals surface area (Å²) in [5.74, 6) is -0.514. The van der Waals surface area contributed by atoms with Crippen LogP contribution < -0.4 is 20.7 Å². The van der Waals surface area contributed by atoms with E-state index in [0.717, 1.165) is 0 Å². The van der Waals surface area contributed by atoms with Gasteiger partial charge in [0, 0.05) is 37.3 Å². The van der Waals surface area contributed by atoms with E-state index in [1.807, 2.05) is 6.92 Å². The molecule has 9 heteroatoms. The number of benzene rings is 1. The molecule has 0 bridgehead atoms. The van der Waals surface area contributed by atoms with Crippen molar-refractivity contribution < 1.29 is 19.1 Å². The van der Waals surface area contributed by atoms with Crippen LogP contribution in [0.15, 0.2) is 36.7 Å². The molecule has 0 saturated heterocycles. The summed E-state index contributed by atoms with van der Waals surface area (Å²) in [4.78, 5) is 42.9. The molecule has 142 valence electrons. The summed E-state index contributed by atoms with van der Waals surface area (Å²) in [7, 11) is 0. The Kier molecular flexibility index (Phi) is 7.24. The minimum absolute atomic E-state index is 0.181. The maximum atomic E-state index is 12.1. The van der Waals surface area contributed by atoms with E-state index >= 15 is 0 Å². The summed E-state index contributed by atoms with van der Waals surface area (Å²) < 4.78 is 5.22. The van der Waals surface area contributed by atoms with Crippen LogP contribution in [0.25, 0.3) is 0 Å². The molecule has 2 aromatic rings. The van der Waals surface area contributed by atoms with E-state index in [1.165, 1.54) is 19.3 Å². The van der Waals surface area contributed by atoms with Gasteiger partial charge in [-0.25, -0.2) is 9.97 Å². The Morgan fingerprint density at radius 1 is 1.00 bits per heavy atom. The number of amides is 3. The molecular formula is C18H21N5O4. The number of aromatic nitrogens is 2. The zero-order chi connectivity index (χ0) is 19.6. The molecule has 0 aliphatic heterocycles. The highest BCUT2D eigenvalue weighted by Crippen LogP contribution is 2.09. The molecule has 0 saturated carbocycles. The average Bonchev–Trinajstić information content (AvgIpc) is 2.65. The van der Waals surface area contributed by atoms with Gasteiger partial charge in [-0.2, -0.15) is 0 Å². The molecule has 0 fully saturated rings. The summed E-state index contributed by atoms with van der Waals surface area (Å²) in [6.45, 7) is 4.16. The first-order chi connectivity index (χ1) is 13.0. The van der Waals surface area contributed by atoms with Crippen LogP contribution in [0, 0.1) is 0 Å². The number of rotatable bonds is 8. The smallest absolute Gasteiger partial charge is 0.270 e. The monoisotopic (exact) mass is 371 g/mol. The highest BCUT2D eigenvalue weighted by molar-refractivity contribution is 5.95. The Balaban J connectivity index is 1.77. The number of hydrogen-bond acceptors (Lipinski definition) is 6. The maximum absolute atomic E-state index is 12.1. The summed E-state index contributed by atoms with van der Waals surface area (Å²) in [5.41, 5.74) is 1.25. The third-order valence-corrected chi connectivity index (χ3v) is 3.33. The van der Waals surface area contributed by atoms with Gasteiger partial charge in [0.05, 0.1) is 6.61 Å². The van der Waals surface area contributed by atoms with Crippen molar-refractivity contribution in [3.63, 3.8) is 0 Å². The van der Waals surface area contributed by atoms with E-state index in [-0.39, 0.29) is 36.5 Å². The van der Waals surface area contributed by atoms with E-state index in [0.29, 0.717) is 23.7 Å². The molecule has 0 spiro atoms. The molecule has 0 aliphatic carbocycles. The van der Waals surface area contributed by atoms with E-state index in [4.69, 9.17) is 4.74 Å². The van der Waals surface area contributed by atoms with Crippen molar-refractivity contribution >= 4 is 23.4 Å². The number of hydrogen-bond donors (Lipinski definition) is 3. The van der Waals surface area contributed by atoms with Crippen LogP contribution in [0.5, 0.6) is 5.88 Å². The second kappa shape index (κ2) is 9.85. The highest BCUT2D eigenvalue weighted by atomic mass is 16.5. The third kappa shape index (κ3) is 6.38. The fourth-order valence-electron chi connectivity index (χ4n) is 2.14. The Morgan fingerprint density at radius 3 is 2.30 bits per heavy atom. The first kappa shape index (κ1) is 19.8. The van der Waals surface area contributed by atoms with Gasteiger partial charge in [0.15, 0.2) is 0 Å². The normalized spacial score (nSPS) is 10.0. The number of anilines is 1. The molecular weight excluding hydrogens is 350 g/mol. The van der Waals surface area contributed by atoms with Gasteiger partial charge in [0.1, 0.15) is 12.0 Å². The number of ether oxygens (including phenoxy) is 1. The van der Waals surface area contributed by atoms with Crippen molar-refractivity contribution in [3.8, 4) is 5.88 Å². The maximum Gasteiger partial charge on any atom is 0.270 e. The molecule has 0 atom stereocenters. The van der Waals surface area contributed by atoms with Crippen molar-refractivity contribution in [1.29, 1.82) is 0 Å². The van der Waals surface area contributed by atoms with Crippen LogP contribution in [0.1, 0.15) is 34.7 Å². The second-order valence-electron chi connectivity index (χ2n) is 5.44. The average molecular weight is 371 g/mol. The summed E-state index contributed by atoms with van der Waals surface area (Å²) >= 11 is 0. The molecule has 0 radical (unpaired) electrons. The van der Waals surface area contributed by atoms with E-state index in [1.54, 1.807) is 24.3 Å². The van der Waals surface area contributed by atoms with Crippen LogP contribution in [0.4, 0.5) is 5.69 Å². The topological polar surface area (TPSA) is 122 Å². The quantitative estimate of drug-likeness (QED) is 0.595. The first-order valence-corrected chi connectivity index (χ1v) is 8.38. The Hall–Kier alpha value is -3.49. The third-order valence-electron chi connectivity index (χ3n) is 3.33. The number of carbonyl (C=O) groups excluding carboxylic acids is 3. The van der Waals surface area contributed by atoms with Crippen molar-refractivity contribution in [3.05, 3.63) is 47.9 Å². The zero-order valence-corrected chi connectivity index (χ0v) is 15.1. The Labute approximate surface area is 156 Å². The molecule has 0 unspecified atom stereocenters. The molecule has 0 aliphatic rings. The molecule has 3 N–H and O–H groups in total. The lowest BCUT2D eigenvalue weighted by molar-refractivity contribution is -0.114. The van der Waals surface area contributed by atoms with E-state index in [2.05, 4.69) is 25.9 Å². The minimum Gasteiger partial charge on any atom is -0.478 e. The lowest BCUT2D eigenvalue weighted by Crippen LogP contribution is -2.35. The minimum atomic E-state index is -0.382. The van der Waals surface area contributed by atoms with Crippen molar-refractivity contribution in [2.45, 2.75) is 13.8 Å². The molecule has 27 heavy (non-hydrogen) atoms. The number of nitrogens with one attached hydrogen (secondary N) is 3. The lowest BCUT2D eigenvalue weighted by Gasteiger charge is -2.08. The second-order valence-corrected chi connectivity index (χ2v) is 5.44. The van der Waals surface area contributed by atoms with Crippen molar-refractivity contribution in [2.24, 2.45) is 0 Å². The van der Waals surface area contributed by atoms with Crippen LogP contribution in [0.2, 0.25) is 0 Å². The molecule has 2 rings (SSSR count). The van der Waals surface area contributed by atoms with Gasteiger partial charge in [-0.05, 0) is 31.2 Å². The molecule has 1 aromatic carbocycles. The van der Waals surface area contributed by atoms with Gasteiger partial charge >= 0.3 is 0 Å². The molecule has 9 nitrogen and oxygen atoms in total. The summed E-state index contributed by atoms with van der Waals surface area (Å²) in [5, 5.41) is 7.98. The predicted molar refractivity (Wildman–Crippen MR) is 98.6 cm³/mol. The van der Waals surface area contributed by atoms with Gasteiger partial charge in [-0.15, -0.1) is 0 Å². The fourth-order valence-corrected chi connectivity index (χ4v) is 2.14. The summed E-state index contributed by atoms with van der Waals surface area (Å²) in [6, 6.07) is 7.95. The van der Waals surface area contributed by atoms with Crippen LogP contribution in [-0.4, -0.2) is 47.4 Å². The van der Waals surface area contributed by atoms with Crippen LogP contribution in [-0.2, 0) is 4.79 Å². The standard InChI is InChI=1S/C18H21N5O4/c1-3-27-16-10-15(21-11-22-16)18(26)20-9-8-19-17(25)13-4-6-14(7-5-13)23-12(2)24/h4-7,10-11H,3,8-9H2,1-2H3,(H,19,25)(H,20,26)(H,23,24). The largest absolute Gasteiger partial charge is 0.478 e. The number of nitrogens with zero attached hydrogens (tertiary/aromatic N) is 2. The fraction of sp³-hybridized carbons (Fsp3) is 0.278. The lowest BCUT2D eigenvalue weighted by atomic mass is 10.2. The van der Waals surface area contributed by atoms with Crippen molar-refractivity contribution in [2.75, 3.05) is 25.0 Å². The zero-order valence-electron chi connectivity index (χ0n) is 15.1. The first-order valence-electron chi connectivity index (χ1n) is 8.38. The Bertz CT molecular complexity index is 808. The Morgan fingerprint density at radius 2 is 1.67 bits per heavy atom. The SMILES string of the molecule is CCOc1cc(C(=O)NCCNC(=O)c2ccc(NC(C)=O)cc2)ncn1. The van der Waals surface area contributed by atoms with E-state index in [9.17, 15) is 14.4 Å². The van der Waals surface area contributed by atoms with Crippen LogP contribution in [0.3, 0.4) is 0 Å². The number of carbonyl (C=O) groups is 3. The van der Waals surface area contributed by atoms with Gasteiger partial charge in [-0.3, -0.25) is 14.4 Å². The van der Waals surface area contributed by atoms with Crippen molar-refractivity contribution in [1.82, 2.24) is 20.6 Å². The predicted octanol–water partition coefficient (Wildman–Crippen LogP) is 0.993. The molecule has 1 aromatic heterocycles. The molecule has 3 amide bonds. The van der Waals surface area contributed by atoms with Gasteiger partial charge < -0.3 is 20.7 Å². The highest BCUT2D eigenvalue weighted by Gasteiger charge is 2.09.